The summed E-state index contributed by atoms with van der Waals surface area (Å²) in [5, 5.41) is 0. The number of nitrogens with zero attached hydrogens (tertiary/aromatic N) is 1. The van der Waals surface area contributed by atoms with E-state index in [4.69, 9.17) is 4.74 Å². The van der Waals surface area contributed by atoms with E-state index >= 15 is 0 Å². The van der Waals surface area contributed by atoms with Gasteiger partial charge in [-0.25, -0.2) is 17.6 Å². The quantitative estimate of drug-likeness (QED) is 0.480. The number of alkyl halides is 2. The van der Waals surface area contributed by atoms with Gasteiger partial charge in [0.2, 0.25) is 0 Å². The molecule has 0 amide bonds. The van der Waals surface area contributed by atoms with Gasteiger partial charge in [-0.2, -0.15) is 12.2 Å². The van der Waals surface area contributed by atoms with Crippen LogP contribution in [-0.4, -0.2) is 25.0 Å². The van der Waals surface area contributed by atoms with Crippen LogP contribution >= 0.6 is 15.9 Å². The molecule has 1 aromatic rings. The number of methoxy groups -OCH3 is 1. The molecule has 0 aromatic heterocycles. The van der Waals surface area contributed by atoms with E-state index in [1.165, 1.54) is 13.2 Å². The maximum absolute atomic E-state index is 14.2. The molecule has 1 radical (unpaired) electrons. The molecule has 1 aromatic carbocycles. The molecule has 1 aliphatic rings. The Labute approximate surface area is 164 Å². The zero-order chi connectivity index (χ0) is 16.4. The molecule has 0 unspecified atom stereocenters. The van der Waals surface area contributed by atoms with Crippen molar-refractivity contribution in [2.75, 3.05) is 13.7 Å². The second-order valence-electron chi connectivity index (χ2n) is 4.40. The van der Waals surface area contributed by atoms with E-state index in [0.717, 1.165) is 17.0 Å². The molecule has 0 fully saturated rings. The van der Waals surface area contributed by atoms with E-state index in [0.29, 0.717) is 4.48 Å². The summed E-state index contributed by atoms with van der Waals surface area (Å²) in [6.45, 7) is 2.89. The zero-order valence-electron chi connectivity index (χ0n) is 12.0. The van der Waals surface area contributed by atoms with Crippen LogP contribution in [0, 0.1) is 17.7 Å². The number of hydrogen-bond donors (Lipinski definition) is 0. The summed E-state index contributed by atoms with van der Waals surface area (Å²) in [5.74, 6) is -1.87. The standard InChI is InChI=1S/C15H11BrF4NO.Y/c1-8-10(16)3-4-13(21(8)7-14(19)20)15-11(17)5-9(22-2)6-12(15)18;/h3,5-6,14H,1,7H2,2H3;/q-1;. The molecule has 0 saturated heterocycles. The first-order valence-corrected chi connectivity index (χ1v) is 6.92. The van der Waals surface area contributed by atoms with Crippen molar-refractivity contribution in [2.45, 2.75) is 6.43 Å². The fourth-order valence-electron chi connectivity index (χ4n) is 2.00. The van der Waals surface area contributed by atoms with Gasteiger partial charge in [-0.05, 0) is 11.3 Å². The second kappa shape index (κ2) is 8.44. The first-order chi connectivity index (χ1) is 10.3. The summed E-state index contributed by atoms with van der Waals surface area (Å²) in [6, 6.07) is 1.95. The Morgan fingerprint density at radius 3 is 2.35 bits per heavy atom. The van der Waals surface area contributed by atoms with Gasteiger partial charge >= 0.3 is 0 Å². The fourth-order valence-corrected chi connectivity index (χ4v) is 2.33. The van der Waals surface area contributed by atoms with Crippen LogP contribution in [-0.2, 0) is 32.7 Å². The molecule has 1 heterocycles. The van der Waals surface area contributed by atoms with E-state index in [9.17, 15) is 17.6 Å². The molecule has 2 rings (SSSR count). The Bertz CT molecular complexity index is 652. The van der Waals surface area contributed by atoms with Crippen molar-refractivity contribution in [1.82, 2.24) is 4.90 Å². The molecule has 0 aliphatic carbocycles. The molecule has 23 heavy (non-hydrogen) atoms. The first kappa shape index (κ1) is 20.4. The molecule has 121 valence electrons. The monoisotopic (exact) mass is 465 g/mol. The molecule has 0 bridgehead atoms. The number of ether oxygens (including phenoxy) is 1. The van der Waals surface area contributed by atoms with Crippen LogP contribution in [0.4, 0.5) is 17.6 Å². The normalized spacial score (nSPS) is 14.4. The summed E-state index contributed by atoms with van der Waals surface area (Å²) >= 11 is 3.14. The minimum Gasteiger partial charge on any atom is -0.497 e. The average Bonchev–Trinajstić information content (AvgIpc) is 2.44. The average molecular weight is 466 g/mol. The minimum absolute atomic E-state index is 0. The topological polar surface area (TPSA) is 12.5 Å². The third-order valence-corrected chi connectivity index (χ3v) is 3.70. The predicted molar refractivity (Wildman–Crippen MR) is 78.4 cm³/mol. The maximum atomic E-state index is 14.2. The van der Waals surface area contributed by atoms with Crippen molar-refractivity contribution in [1.29, 1.82) is 0 Å². The summed E-state index contributed by atoms with van der Waals surface area (Å²) in [5.41, 5.74) is -0.436. The summed E-state index contributed by atoms with van der Waals surface area (Å²) < 4.78 is 59.0. The van der Waals surface area contributed by atoms with Crippen molar-refractivity contribution in [3.8, 4) is 5.75 Å². The van der Waals surface area contributed by atoms with E-state index in [2.05, 4.69) is 28.6 Å². The Morgan fingerprint density at radius 1 is 1.30 bits per heavy atom. The van der Waals surface area contributed by atoms with E-state index < -0.39 is 30.2 Å². The van der Waals surface area contributed by atoms with Crippen molar-refractivity contribution in [3.05, 3.63) is 58.2 Å². The molecule has 1 aliphatic heterocycles. The van der Waals surface area contributed by atoms with E-state index in [1.807, 2.05) is 0 Å². The van der Waals surface area contributed by atoms with Gasteiger partial charge in [0, 0.05) is 44.8 Å². The molecule has 0 saturated carbocycles. The van der Waals surface area contributed by atoms with Gasteiger partial charge in [-0.1, -0.05) is 16.8 Å². The Balaban J connectivity index is 0.00000264. The predicted octanol–water partition coefficient (Wildman–Crippen LogP) is 4.49. The van der Waals surface area contributed by atoms with Gasteiger partial charge in [0.1, 0.15) is 5.75 Å². The summed E-state index contributed by atoms with van der Waals surface area (Å²) in [7, 11) is 1.27. The van der Waals surface area contributed by atoms with Gasteiger partial charge in [0.25, 0.3) is 6.43 Å². The number of allylic oxidation sites excluding steroid dienone is 3. The molecular weight excluding hydrogens is 455 g/mol. The van der Waals surface area contributed by atoms with Gasteiger partial charge in [0.15, 0.2) is 0 Å². The van der Waals surface area contributed by atoms with Crippen LogP contribution in [0.3, 0.4) is 0 Å². The fraction of sp³-hybridized carbons (Fsp3) is 0.200. The smallest absolute Gasteiger partial charge is 0.256 e. The Kier molecular flexibility index (Phi) is 7.49. The molecule has 0 N–H and O–H groups in total. The van der Waals surface area contributed by atoms with Crippen molar-refractivity contribution >= 4 is 21.6 Å². The van der Waals surface area contributed by atoms with Crippen LogP contribution in [0.25, 0.3) is 5.70 Å². The van der Waals surface area contributed by atoms with Crippen LogP contribution in [0.2, 0.25) is 0 Å². The van der Waals surface area contributed by atoms with Gasteiger partial charge in [-0.15, -0.1) is 15.9 Å². The van der Waals surface area contributed by atoms with Gasteiger partial charge < -0.3 is 9.64 Å². The third kappa shape index (κ3) is 4.45. The molecule has 8 heteroatoms. The van der Waals surface area contributed by atoms with Gasteiger partial charge in [0.05, 0.1) is 25.3 Å². The maximum Gasteiger partial charge on any atom is 0.256 e. The minimum atomic E-state index is -2.71. The number of benzene rings is 1. The largest absolute Gasteiger partial charge is 0.497 e. The number of halogens is 5. The number of hydrogen-bond acceptors (Lipinski definition) is 2. The molecule has 2 nitrogen and oxygen atoms in total. The second-order valence-corrected chi connectivity index (χ2v) is 5.25. The van der Waals surface area contributed by atoms with E-state index in [1.54, 1.807) is 0 Å². The summed E-state index contributed by atoms with van der Waals surface area (Å²) in [6.07, 6.45) is 1.27. The zero-order valence-corrected chi connectivity index (χ0v) is 16.5. The van der Waals surface area contributed by atoms with Crippen LogP contribution < -0.4 is 4.74 Å². The van der Waals surface area contributed by atoms with Crippen LogP contribution in [0.15, 0.2) is 35.0 Å². The first-order valence-electron chi connectivity index (χ1n) is 6.12. The van der Waals surface area contributed by atoms with Crippen molar-refractivity contribution in [2.24, 2.45) is 0 Å². The Morgan fingerprint density at radius 2 is 1.87 bits per heavy atom. The van der Waals surface area contributed by atoms with Gasteiger partial charge in [-0.3, -0.25) is 0 Å². The third-order valence-electron chi connectivity index (χ3n) is 3.02. The van der Waals surface area contributed by atoms with E-state index in [-0.39, 0.29) is 49.9 Å². The molecular formula is C15H11BrF4NOY-. The molecule has 0 spiro atoms. The number of rotatable bonds is 4. The van der Waals surface area contributed by atoms with Crippen LogP contribution in [0.5, 0.6) is 5.75 Å². The molecule has 0 atom stereocenters. The van der Waals surface area contributed by atoms with Crippen molar-refractivity contribution in [3.63, 3.8) is 0 Å². The Hall–Kier alpha value is -0.656. The SMILES string of the molecule is C=C1C(Br)=C[C-]=C(c2c(F)cc(OC)cc2F)N1CC(F)F.[Y]. The van der Waals surface area contributed by atoms with Crippen molar-refractivity contribution < 1.29 is 55.0 Å². The van der Waals surface area contributed by atoms with Crippen LogP contribution in [0.1, 0.15) is 5.56 Å². The summed E-state index contributed by atoms with van der Waals surface area (Å²) in [4.78, 5) is 1.02.